The number of hydrogen-bond acceptors (Lipinski definition) is 7. The minimum Gasteiger partial charge on any atom is -0.870 e. The molecule has 1 aliphatic heterocycles. The summed E-state index contributed by atoms with van der Waals surface area (Å²) in [5, 5.41) is 8.72. The van der Waals surface area contributed by atoms with Crippen molar-refractivity contribution in [3.63, 3.8) is 0 Å². The smallest absolute Gasteiger partial charge is 0.870 e. The number of rotatable bonds is 5. The van der Waals surface area contributed by atoms with Crippen molar-refractivity contribution in [3.8, 4) is 0 Å². The van der Waals surface area contributed by atoms with Gasteiger partial charge in [-0.3, -0.25) is 14.4 Å². The van der Waals surface area contributed by atoms with Crippen LogP contribution in [0, 0.1) is 16.7 Å². The molecule has 16 heteroatoms. The van der Waals surface area contributed by atoms with Gasteiger partial charge in [-0.2, -0.15) is 0 Å². The molecule has 4 rings (SSSR count). The van der Waals surface area contributed by atoms with Crippen molar-refractivity contribution in [3.05, 3.63) is 0 Å². The van der Waals surface area contributed by atoms with Gasteiger partial charge < -0.3 is 30.3 Å². The van der Waals surface area contributed by atoms with Crippen LogP contribution in [0.15, 0.2) is 0 Å². The Morgan fingerprint density at radius 2 is 1.10 bits per heavy atom. The largest absolute Gasteiger partial charge is 1.00 e. The molecule has 1 saturated heterocycles. The van der Waals surface area contributed by atoms with Crippen molar-refractivity contribution in [2.24, 2.45) is 16.7 Å². The molecule has 0 amide bonds. The van der Waals surface area contributed by atoms with Crippen molar-refractivity contribution in [2.75, 3.05) is 19.8 Å². The van der Waals surface area contributed by atoms with E-state index in [9.17, 15) is 40.7 Å². The van der Waals surface area contributed by atoms with Crippen molar-refractivity contribution < 1.29 is 89.9 Å². The Labute approximate surface area is 292 Å². The van der Waals surface area contributed by atoms with Crippen LogP contribution in [0.4, 0.5) is 26.3 Å². The predicted molar refractivity (Wildman–Crippen MR) is 161 cm³/mol. The molecule has 0 aromatic heterocycles. The molecule has 3 saturated carbocycles. The van der Waals surface area contributed by atoms with E-state index in [-0.39, 0.29) is 125 Å². The number of carbonyl (C=O) groups is 3. The van der Waals surface area contributed by atoms with E-state index < -0.39 is 34.6 Å². The van der Waals surface area contributed by atoms with Gasteiger partial charge in [0, 0.05) is 45.1 Å². The summed E-state index contributed by atoms with van der Waals surface area (Å²) >= 11 is 0. The zero-order valence-electron chi connectivity index (χ0n) is 29.3. The van der Waals surface area contributed by atoms with Crippen LogP contribution in [0.25, 0.3) is 0 Å². The Morgan fingerprint density at radius 3 is 1.42 bits per heavy atom. The maximum atomic E-state index is 12.8. The fraction of sp³-hybridized carbons (Fsp3) is 0.906. The molecule has 0 radical (unpaired) electrons. The van der Waals surface area contributed by atoms with E-state index in [1.165, 1.54) is 19.8 Å². The topological polar surface area (TPSA) is 161 Å². The predicted octanol–water partition coefficient (Wildman–Crippen LogP) is 4.61. The standard InChI is InChI=1S/C10H16F2O2.C9H14F2O2.C8H12F2O2.C5H10O.Li.2H2O/c1-3-14-8(13)9(2)4-6-10(11,12)7-5-9;1-2-13-8(12)7-3-5-9(10,11)6-4-7;1-7(6(11)12)2-4-8(9,10)5-3-7;1-5-3-2-4-6-5;;;/h3-7H2,1-2H3;7H,2-6H2,1H3;2-5H2,1H3,(H,11,12);5H,2-4H2,1H3;;2*1H2/q;;;;+1;;/p-1. The molecule has 48 heavy (non-hydrogen) atoms. The van der Waals surface area contributed by atoms with Gasteiger partial charge in [-0.15, -0.1) is 0 Å². The first kappa shape index (κ1) is 50.8. The molecule has 0 bridgehead atoms. The summed E-state index contributed by atoms with van der Waals surface area (Å²) < 4.78 is 91.1. The molecule has 1 heterocycles. The van der Waals surface area contributed by atoms with Crippen LogP contribution < -0.4 is 18.9 Å². The van der Waals surface area contributed by atoms with E-state index in [0.29, 0.717) is 19.3 Å². The number of carboxylic acid groups (broad SMARTS) is 1. The number of esters is 2. The van der Waals surface area contributed by atoms with Crippen LogP contribution in [0.5, 0.6) is 0 Å². The van der Waals surface area contributed by atoms with Crippen LogP contribution in [-0.2, 0) is 28.6 Å². The second-order valence-electron chi connectivity index (χ2n) is 13.1. The Hall–Kier alpha value is -1.53. The Balaban J connectivity index is -0.000000567. The fourth-order valence-electron chi connectivity index (χ4n) is 5.33. The second-order valence-corrected chi connectivity index (χ2v) is 13.1. The van der Waals surface area contributed by atoms with Crippen LogP contribution >= 0.6 is 0 Å². The third-order valence-corrected chi connectivity index (χ3v) is 8.95. The van der Waals surface area contributed by atoms with Gasteiger partial charge in [-0.25, -0.2) is 26.3 Å². The van der Waals surface area contributed by atoms with Crippen LogP contribution in [0.2, 0.25) is 0 Å². The molecule has 9 nitrogen and oxygen atoms in total. The van der Waals surface area contributed by atoms with E-state index in [1.807, 2.05) is 0 Å². The van der Waals surface area contributed by atoms with Gasteiger partial charge in [0.1, 0.15) is 0 Å². The van der Waals surface area contributed by atoms with Crippen LogP contribution in [-0.4, -0.2) is 77.7 Å². The van der Waals surface area contributed by atoms with Gasteiger partial charge in [0.25, 0.3) is 0 Å². The van der Waals surface area contributed by atoms with Crippen molar-refractivity contribution >= 4 is 17.9 Å². The SMILES string of the molecule is CC1(C(=O)O)CCC(F)(F)CC1.CC1CCCO1.CCOC(=O)C1(C)CCC(F)(F)CC1.CCOC(=O)C1CCC(F)(F)CC1.O.[Li+].[OH-]. The van der Waals surface area contributed by atoms with Gasteiger partial charge in [0.15, 0.2) is 0 Å². The minimum absolute atomic E-state index is 0. The third-order valence-electron chi connectivity index (χ3n) is 8.95. The second kappa shape index (κ2) is 22.3. The van der Waals surface area contributed by atoms with E-state index in [4.69, 9.17) is 19.3 Å². The fourth-order valence-corrected chi connectivity index (χ4v) is 5.33. The van der Waals surface area contributed by atoms with Crippen LogP contribution in [0.3, 0.4) is 0 Å². The molecule has 0 spiro atoms. The molecule has 4 aliphatic rings. The zero-order chi connectivity index (χ0) is 34.5. The van der Waals surface area contributed by atoms with Gasteiger partial charge in [0.05, 0.1) is 36.1 Å². The summed E-state index contributed by atoms with van der Waals surface area (Å²) in [6.45, 7) is 10.4. The number of ether oxygens (including phenoxy) is 3. The van der Waals surface area contributed by atoms with Gasteiger partial charge in [0.2, 0.25) is 17.8 Å². The molecule has 0 aromatic rings. The molecule has 0 aromatic carbocycles. The van der Waals surface area contributed by atoms with Crippen molar-refractivity contribution in [2.45, 2.75) is 148 Å². The number of hydrogen-bond donors (Lipinski definition) is 1. The van der Waals surface area contributed by atoms with Crippen LogP contribution in [0.1, 0.15) is 125 Å². The quantitative estimate of drug-likeness (QED) is 0.247. The maximum absolute atomic E-state index is 12.8. The molecule has 4 fully saturated rings. The molecule has 1 unspecified atom stereocenters. The van der Waals surface area contributed by atoms with Gasteiger partial charge in [-0.1, -0.05) is 0 Å². The summed E-state index contributed by atoms with van der Waals surface area (Å²) in [4.78, 5) is 33.2. The average molecular weight is 705 g/mol. The van der Waals surface area contributed by atoms with E-state index in [0.717, 1.165) is 6.61 Å². The Morgan fingerprint density at radius 1 is 0.708 bits per heavy atom. The monoisotopic (exact) mass is 704 g/mol. The summed E-state index contributed by atoms with van der Waals surface area (Å²) in [5.41, 5.74) is -1.63. The number of alkyl halides is 6. The summed E-state index contributed by atoms with van der Waals surface area (Å²) in [5.74, 6) is -9.73. The number of carbonyl (C=O) groups excluding carboxylic acids is 2. The van der Waals surface area contributed by atoms with E-state index >= 15 is 0 Å². The maximum Gasteiger partial charge on any atom is 1.00 e. The molecule has 4 N–H and O–H groups in total. The molecule has 1 atom stereocenters. The molecule has 3 aliphatic carbocycles. The Bertz CT molecular complexity index is 919. The van der Waals surface area contributed by atoms with E-state index in [1.54, 1.807) is 20.8 Å². The van der Waals surface area contributed by atoms with E-state index in [2.05, 4.69) is 6.92 Å². The zero-order valence-corrected chi connectivity index (χ0v) is 29.3. The first-order valence-corrected chi connectivity index (χ1v) is 16.0. The summed E-state index contributed by atoms with van der Waals surface area (Å²) in [6.07, 6.45) is 2.81. The Kier molecular flexibility index (Phi) is 23.6. The normalized spacial score (nSPS) is 24.2. The molecular formula is C32H55F6LiO9. The molecular weight excluding hydrogens is 649 g/mol. The summed E-state index contributed by atoms with van der Waals surface area (Å²) in [7, 11) is 0. The minimum atomic E-state index is -2.64. The summed E-state index contributed by atoms with van der Waals surface area (Å²) in [6, 6.07) is 0. The molecule has 280 valence electrons. The number of aliphatic carboxylic acids is 1. The first-order valence-electron chi connectivity index (χ1n) is 16.0. The van der Waals surface area contributed by atoms with Gasteiger partial charge >= 0.3 is 36.8 Å². The number of halogens is 6. The van der Waals surface area contributed by atoms with Crippen molar-refractivity contribution in [1.29, 1.82) is 0 Å². The average Bonchev–Trinajstić information content (AvgIpc) is 3.44. The van der Waals surface area contributed by atoms with Gasteiger partial charge in [-0.05, 0) is 86.0 Å². The first-order chi connectivity index (χ1) is 20.7. The van der Waals surface area contributed by atoms with Crippen molar-refractivity contribution in [1.82, 2.24) is 0 Å². The number of carboxylic acids is 1. The third kappa shape index (κ3) is 18.5.